The van der Waals surface area contributed by atoms with Gasteiger partial charge in [0.1, 0.15) is 23.6 Å². The summed E-state index contributed by atoms with van der Waals surface area (Å²) >= 11 is 0. The van der Waals surface area contributed by atoms with E-state index >= 15 is 4.39 Å². The molecule has 10 nitrogen and oxygen atoms in total. The number of nitrogens with zero attached hydrogens (tertiary/aromatic N) is 3. The summed E-state index contributed by atoms with van der Waals surface area (Å²) in [5, 5.41) is 10.4. The maximum Gasteiger partial charge on any atom is 0.410 e. The third-order valence-corrected chi connectivity index (χ3v) is 7.41. The van der Waals surface area contributed by atoms with Crippen molar-refractivity contribution < 1.29 is 32.2 Å². The summed E-state index contributed by atoms with van der Waals surface area (Å²) in [6.45, 7) is 6.78. The normalized spacial score (nSPS) is 22.9. The van der Waals surface area contributed by atoms with Gasteiger partial charge >= 0.3 is 16.3 Å². The molecule has 33 heavy (non-hydrogen) atoms. The summed E-state index contributed by atoms with van der Waals surface area (Å²) < 4.78 is 47.7. The molecule has 12 heteroatoms. The van der Waals surface area contributed by atoms with Gasteiger partial charge in [-0.2, -0.15) is 8.42 Å². The second-order valence-electron chi connectivity index (χ2n) is 9.69. The Labute approximate surface area is 192 Å². The van der Waals surface area contributed by atoms with Crippen molar-refractivity contribution in [1.82, 2.24) is 14.5 Å². The molecule has 3 aliphatic rings. The highest BCUT2D eigenvalue weighted by molar-refractivity contribution is 7.92. The van der Waals surface area contributed by atoms with E-state index in [-0.39, 0.29) is 24.2 Å². The van der Waals surface area contributed by atoms with Crippen molar-refractivity contribution in [1.29, 1.82) is 0 Å². The van der Waals surface area contributed by atoms with Gasteiger partial charge in [-0.3, -0.25) is 9.69 Å². The Kier molecular flexibility index (Phi) is 5.94. The van der Waals surface area contributed by atoms with Crippen molar-refractivity contribution in [2.45, 2.75) is 58.2 Å². The van der Waals surface area contributed by atoms with Crippen LogP contribution in [0.4, 0.5) is 14.9 Å². The minimum atomic E-state index is -4.26. The van der Waals surface area contributed by atoms with Gasteiger partial charge in [0.05, 0.1) is 0 Å². The topological polar surface area (TPSA) is 119 Å². The van der Waals surface area contributed by atoms with E-state index in [4.69, 9.17) is 4.74 Å². The number of carbonyl (C=O) groups is 2. The number of carbonyl (C=O) groups excluding carboxylic acids is 2. The summed E-state index contributed by atoms with van der Waals surface area (Å²) in [5.41, 5.74) is -0.242. The lowest BCUT2D eigenvalue weighted by molar-refractivity contribution is -0.117. The van der Waals surface area contributed by atoms with E-state index in [0.29, 0.717) is 35.9 Å². The first-order valence-corrected chi connectivity index (χ1v) is 12.4. The van der Waals surface area contributed by atoms with Crippen LogP contribution in [-0.2, 0) is 32.7 Å². The average molecular weight is 485 g/mol. The van der Waals surface area contributed by atoms with Crippen LogP contribution in [0.5, 0.6) is 5.75 Å². The maximum atomic E-state index is 15.5. The SMILES string of the molecule is CC(C)(C)OC(=O)N1CCCC1CN1CCc2cc(O)c(N3CC(=O)NS3(=O)=O)c(F)c2C1. The van der Waals surface area contributed by atoms with Gasteiger partial charge < -0.3 is 14.7 Å². The van der Waals surface area contributed by atoms with Crippen LogP contribution in [0.2, 0.25) is 0 Å². The van der Waals surface area contributed by atoms with E-state index in [1.807, 2.05) is 25.7 Å². The van der Waals surface area contributed by atoms with Crippen LogP contribution >= 0.6 is 0 Å². The highest BCUT2D eigenvalue weighted by Crippen LogP contribution is 2.39. The average Bonchev–Trinajstić information content (AvgIpc) is 3.24. The Hall–Kier alpha value is -2.60. The van der Waals surface area contributed by atoms with Crippen molar-refractivity contribution in [2.75, 3.05) is 30.5 Å². The number of anilines is 1. The molecule has 2 N–H and O–H groups in total. The number of aromatic hydroxyl groups is 1. The Morgan fingerprint density at radius 1 is 1.30 bits per heavy atom. The van der Waals surface area contributed by atoms with Gasteiger partial charge in [-0.05, 0) is 51.7 Å². The number of halogens is 1. The fourth-order valence-corrected chi connectivity index (χ4v) is 5.78. The molecule has 1 unspecified atom stereocenters. The number of hydrogen-bond donors (Lipinski definition) is 2. The second-order valence-corrected chi connectivity index (χ2v) is 11.3. The molecule has 2 fully saturated rings. The lowest BCUT2D eigenvalue weighted by Crippen LogP contribution is -2.46. The first-order chi connectivity index (χ1) is 15.4. The van der Waals surface area contributed by atoms with Crippen molar-refractivity contribution in [3.8, 4) is 5.75 Å². The van der Waals surface area contributed by atoms with E-state index in [2.05, 4.69) is 0 Å². The van der Waals surface area contributed by atoms with Crippen LogP contribution in [-0.4, -0.2) is 73.1 Å². The summed E-state index contributed by atoms with van der Waals surface area (Å²) in [5.74, 6) is -2.17. The van der Waals surface area contributed by atoms with Gasteiger partial charge in [-0.25, -0.2) is 18.2 Å². The molecule has 0 aliphatic carbocycles. The number of benzene rings is 1. The summed E-state index contributed by atoms with van der Waals surface area (Å²) in [4.78, 5) is 27.9. The Bertz CT molecular complexity index is 1090. The number of phenols is 1. The number of amides is 2. The van der Waals surface area contributed by atoms with Crippen LogP contribution in [0.3, 0.4) is 0 Å². The van der Waals surface area contributed by atoms with Gasteiger partial charge in [-0.15, -0.1) is 0 Å². The van der Waals surface area contributed by atoms with Gasteiger partial charge in [0.15, 0.2) is 5.82 Å². The van der Waals surface area contributed by atoms with E-state index in [1.165, 1.54) is 6.07 Å². The minimum Gasteiger partial charge on any atom is -0.506 e. The van der Waals surface area contributed by atoms with Crippen LogP contribution in [0.1, 0.15) is 44.7 Å². The van der Waals surface area contributed by atoms with E-state index in [0.717, 1.165) is 12.8 Å². The number of nitrogens with one attached hydrogen (secondary N) is 1. The summed E-state index contributed by atoms with van der Waals surface area (Å²) in [6.07, 6.45) is 1.76. The molecule has 0 spiro atoms. The third-order valence-electron chi connectivity index (χ3n) is 6.04. The molecule has 3 heterocycles. The highest BCUT2D eigenvalue weighted by Gasteiger charge is 2.39. The summed E-state index contributed by atoms with van der Waals surface area (Å²) in [6, 6.07) is 1.30. The predicted molar refractivity (Wildman–Crippen MR) is 117 cm³/mol. The van der Waals surface area contributed by atoms with E-state index < -0.39 is 45.5 Å². The molecule has 0 radical (unpaired) electrons. The molecule has 2 saturated heterocycles. The third kappa shape index (κ3) is 4.72. The zero-order chi connectivity index (χ0) is 24.1. The number of likely N-dealkylation sites (tertiary alicyclic amines) is 1. The van der Waals surface area contributed by atoms with Gasteiger partial charge in [0, 0.05) is 37.8 Å². The number of phenolic OH excluding ortho intramolecular Hbond substituents is 1. The summed E-state index contributed by atoms with van der Waals surface area (Å²) in [7, 11) is -4.26. The van der Waals surface area contributed by atoms with Gasteiger partial charge in [0.2, 0.25) is 0 Å². The number of rotatable bonds is 3. The molecule has 0 bridgehead atoms. The zero-order valence-corrected chi connectivity index (χ0v) is 19.7. The number of fused-ring (bicyclic) bond motifs is 1. The zero-order valence-electron chi connectivity index (χ0n) is 18.9. The van der Waals surface area contributed by atoms with Crippen molar-refractivity contribution >= 4 is 27.9 Å². The molecule has 1 atom stereocenters. The Morgan fingerprint density at radius 2 is 2.03 bits per heavy atom. The lowest BCUT2D eigenvalue weighted by atomic mass is 9.97. The van der Waals surface area contributed by atoms with Gasteiger partial charge in [-0.1, -0.05) is 0 Å². The van der Waals surface area contributed by atoms with Crippen molar-refractivity contribution in [3.05, 3.63) is 23.0 Å². The molecule has 2 amide bonds. The molecule has 4 rings (SSSR count). The van der Waals surface area contributed by atoms with Crippen LogP contribution in [0.25, 0.3) is 0 Å². The molecule has 3 aliphatic heterocycles. The smallest absolute Gasteiger partial charge is 0.410 e. The first-order valence-electron chi connectivity index (χ1n) is 10.9. The Morgan fingerprint density at radius 3 is 2.67 bits per heavy atom. The fourth-order valence-electron chi connectivity index (χ4n) is 4.62. The largest absolute Gasteiger partial charge is 0.506 e. The molecular weight excluding hydrogens is 455 g/mol. The fraction of sp³-hybridized carbons (Fsp3) is 0.619. The second kappa shape index (κ2) is 8.32. The maximum absolute atomic E-state index is 15.5. The van der Waals surface area contributed by atoms with Gasteiger partial charge in [0.25, 0.3) is 5.91 Å². The first kappa shape index (κ1) is 23.6. The van der Waals surface area contributed by atoms with Crippen LogP contribution in [0.15, 0.2) is 6.07 Å². The molecule has 182 valence electrons. The van der Waals surface area contributed by atoms with Crippen molar-refractivity contribution in [3.63, 3.8) is 0 Å². The number of hydrogen-bond acceptors (Lipinski definition) is 7. The lowest BCUT2D eigenvalue weighted by Gasteiger charge is -2.35. The van der Waals surface area contributed by atoms with E-state index in [1.54, 1.807) is 9.62 Å². The van der Waals surface area contributed by atoms with E-state index in [9.17, 15) is 23.1 Å². The molecule has 1 aromatic rings. The van der Waals surface area contributed by atoms with Crippen molar-refractivity contribution in [2.24, 2.45) is 0 Å². The van der Waals surface area contributed by atoms with Crippen LogP contribution < -0.4 is 9.03 Å². The monoisotopic (exact) mass is 484 g/mol. The predicted octanol–water partition coefficient (Wildman–Crippen LogP) is 1.47. The standard InChI is InChI=1S/C21H29FN4O6S/c1-21(2,3)32-20(29)25-7-4-5-14(25)10-24-8-6-13-9-16(27)19(18(22)15(13)11-24)26-12-17(28)23-33(26,30)31/h9,14,27H,4-8,10-12H2,1-3H3,(H,23,28). The molecular formula is C21H29FN4O6S. The molecule has 1 aromatic carbocycles. The van der Waals surface area contributed by atoms with Crippen LogP contribution in [0, 0.1) is 5.82 Å². The highest BCUT2D eigenvalue weighted by atomic mass is 32.2. The Balaban J connectivity index is 1.54. The number of ether oxygens (including phenoxy) is 1. The molecule has 0 saturated carbocycles. The quantitative estimate of drug-likeness (QED) is 0.667. The molecule has 0 aromatic heterocycles. The minimum absolute atomic E-state index is 0.0678.